The van der Waals surface area contributed by atoms with Crippen LogP contribution >= 0.6 is 0 Å². The minimum absolute atomic E-state index is 0.0315. The molecule has 0 unspecified atom stereocenters. The summed E-state index contributed by atoms with van der Waals surface area (Å²) in [4.78, 5) is 42.6. The topological polar surface area (TPSA) is 147 Å². The molecule has 0 aromatic heterocycles. The van der Waals surface area contributed by atoms with E-state index in [2.05, 4.69) is 5.32 Å². The summed E-state index contributed by atoms with van der Waals surface area (Å²) in [5, 5.41) is 19.1. The lowest BCUT2D eigenvalue weighted by Crippen LogP contribution is -2.46. The maximum atomic E-state index is 11.4. The largest absolute Gasteiger partial charge is 0.481 e. The summed E-state index contributed by atoms with van der Waals surface area (Å²) < 4.78 is 0. The maximum Gasteiger partial charge on any atom is 0.303 e. The van der Waals surface area contributed by atoms with Crippen LogP contribution in [0.15, 0.2) is 0 Å². The molecule has 0 bridgehead atoms. The minimum Gasteiger partial charge on any atom is -0.481 e. The maximum absolute atomic E-state index is 11.4. The number of carboxylic acid groups (broad SMARTS) is 2. The lowest BCUT2D eigenvalue weighted by molar-refractivity contribution is -0.138. The molecule has 0 aromatic rings. The van der Waals surface area contributed by atoms with Crippen molar-refractivity contribution in [2.45, 2.75) is 37.8 Å². The second-order valence-corrected chi connectivity index (χ2v) is 3.72. The number of nitrogens with two attached hydrogens (primary N) is 1. The fourth-order valence-corrected chi connectivity index (χ4v) is 1.15. The second-order valence-electron chi connectivity index (χ2n) is 3.72. The number of amides is 1. The van der Waals surface area contributed by atoms with E-state index in [1.54, 1.807) is 0 Å². The number of nitrogens with one attached hydrogen (secondary N) is 1. The third-order valence-electron chi connectivity index (χ3n) is 2.17. The van der Waals surface area contributed by atoms with Crippen molar-refractivity contribution in [1.29, 1.82) is 0 Å². The summed E-state index contributed by atoms with van der Waals surface area (Å²) in [6.45, 7) is 0. The molecule has 0 aliphatic heterocycles. The molecule has 0 heterocycles. The molecule has 0 aliphatic rings. The smallest absolute Gasteiger partial charge is 0.303 e. The molecule has 1 amide bonds. The predicted molar refractivity (Wildman–Crippen MR) is 59.7 cm³/mol. The summed E-state index contributed by atoms with van der Waals surface area (Å²) in [5.74, 6) is -2.82. The molecule has 102 valence electrons. The van der Waals surface area contributed by atoms with E-state index >= 15 is 0 Å². The fraction of sp³-hybridized carbons (Fsp3) is 0.600. The summed E-state index contributed by atoms with van der Waals surface area (Å²) >= 11 is 0. The quantitative estimate of drug-likeness (QED) is 0.378. The van der Waals surface area contributed by atoms with Gasteiger partial charge in [0.05, 0.1) is 12.1 Å². The third-order valence-corrected chi connectivity index (χ3v) is 2.17. The summed E-state index contributed by atoms with van der Waals surface area (Å²) in [6, 6.07) is -1.96. The van der Waals surface area contributed by atoms with Gasteiger partial charge in [-0.05, 0) is 12.8 Å². The van der Waals surface area contributed by atoms with Crippen molar-refractivity contribution in [2.24, 2.45) is 5.73 Å². The van der Waals surface area contributed by atoms with Gasteiger partial charge >= 0.3 is 11.9 Å². The van der Waals surface area contributed by atoms with Crippen LogP contribution in [0.4, 0.5) is 0 Å². The van der Waals surface area contributed by atoms with Gasteiger partial charge in [0.1, 0.15) is 6.29 Å². The molecular weight excluding hydrogens is 244 g/mol. The predicted octanol–water partition coefficient (Wildman–Crippen LogP) is -1.27. The van der Waals surface area contributed by atoms with Gasteiger partial charge in [0, 0.05) is 12.8 Å². The van der Waals surface area contributed by atoms with Crippen LogP contribution in [0, 0.1) is 0 Å². The molecule has 18 heavy (non-hydrogen) atoms. The van der Waals surface area contributed by atoms with Crippen molar-refractivity contribution in [2.75, 3.05) is 0 Å². The zero-order chi connectivity index (χ0) is 14.1. The average Bonchev–Trinajstić information content (AvgIpc) is 2.30. The van der Waals surface area contributed by atoms with Crippen molar-refractivity contribution < 1.29 is 29.4 Å². The zero-order valence-corrected chi connectivity index (χ0v) is 9.67. The van der Waals surface area contributed by atoms with E-state index in [9.17, 15) is 19.2 Å². The number of aldehydes is 1. The summed E-state index contributed by atoms with van der Waals surface area (Å²) in [6.07, 6.45) is -0.170. The highest BCUT2D eigenvalue weighted by atomic mass is 16.4. The molecule has 0 radical (unpaired) electrons. The van der Waals surface area contributed by atoms with Crippen molar-refractivity contribution in [3.05, 3.63) is 0 Å². The van der Waals surface area contributed by atoms with E-state index < -0.39 is 29.9 Å². The Morgan fingerprint density at radius 3 is 2.06 bits per heavy atom. The lowest BCUT2D eigenvalue weighted by atomic mass is 10.1. The number of carbonyl (C=O) groups is 4. The molecule has 0 aliphatic carbocycles. The number of aliphatic carboxylic acids is 2. The van der Waals surface area contributed by atoms with Crippen molar-refractivity contribution in [3.63, 3.8) is 0 Å². The standard InChI is InChI=1S/C10H16N2O6/c11-7(2-4-9(16)17)10(18)12-6(5-13)1-3-8(14)15/h5-7H,1-4,11H2,(H,12,18)(H,14,15)(H,16,17)/t6-,7-/m0/s1. The molecule has 2 atom stereocenters. The van der Waals surface area contributed by atoms with Crippen LogP contribution in [-0.4, -0.2) is 46.4 Å². The summed E-state index contributed by atoms with van der Waals surface area (Å²) in [7, 11) is 0. The van der Waals surface area contributed by atoms with Crippen LogP contribution in [-0.2, 0) is 19.2 Å². The van der Waals surface area contributed by atoms with Gasteiger partial charge in [-0.25, -0.2) is 0 Å². The molecule has 5 N–H and O–H groups in total. The summed E-state index contributed by atoms with van der Waals surface area (Å²) in [5.41, 5.74) is 5.42. The molecule has 8 nitrogen and oxygen atoms in total. The Kier molecular flexibility index (Phi) is 7.29. The van der Waals surface area contributed by atoms with E-state index in [0.29, 0.717) is 6.29 Å². The van der Waals surface area contributed by atoms with Crippen LogP contribution in [0.3, 0.4) is 0 Å². The van der Waals surface area contributed by atoms with Gasteiger partial charge in [-0.2, -0.15) is 0 Å². The fourth-order valence-electron chi connectivity index (χ4n) is 1.15. The minimum atomic E-state index is -1.08. The average molecular weight is 260 g/mol. The highest BCUT2D eigenvalue weighted by Crippen LogP contribution is 1.99. The highest BCUT2D eigenvalue weighted by molar-refractivity contribution is 5.84. The van der Waals surface area contributed by atoms with E-state index in [1.165, 1.54) is 0 Å². The lowest BCUT2D eigenvalue weighted by Gasteiger charge is -2.15. The van der Waals surface area contributed by atoms with Gasteiger partial charge in [-0.15, -0.1) is 0 Å². The highest BCUT2D eigenvalue weighted by Gasteiger charge is 2.19. The second kappa shape index (κ2) is 8.18. The van der Waals surface area contributed by atoms with Gasteiger partial charge in [-0.1, -0.05) is 0 Å². The van der Waals surface area contributed by atoms with E-state index in [1.807, 2.05) is 0 Å². The Balaban J connectivity index is 4.12. The van der Waals surface area contributed by atoms with Crippen molar-refractivity contribution in [3.8, 4) is 0 Å². The molecule has 8 heteroatoms. The number of hydrogen-bond donors (Lipinski definition) is 4. The molecule has 0 aromatic carbocycles. The van der Waals surface area contributed by atoms with Gasteiger partial charge in [0.25, 0.3) is 0 Å². The Hall–Kier alpha value is -1.96. The normalized spacial score (nSPS) is 13.4. The van der Waals surface area contributed by atoms with Crippen LogP contribution < -0.4 is 11.1 Å². The van der Waals surface area contributed by atoms with E-state index in [-0.39, 0.29) is 25.7 Å². The van der Waals surface area contributed by atoms with Crippen LogP contribution in [0.25, 0.3) is 0 Å². The number of rotatable bonds is 9. The molecule has 0 saturated carbocycles. The number of hydrogen-bond acceptors (Lipinski definition) is 5. The van der Waals surface area contributed by atoms with Crippen LogP contribution in [0.1, 0.15) is 25.7 Å². The third kappa shape index (κ3) is 7.34. The van der Waals surface area contributed by atoms with E-state index in [4.69, 9.17) is 15.9 Å². The first-order chi connectivity index (χ1) is 8.36. The van der Waals surface area contributed by atoms with Crippen molar-refractivity contribution >= 4 is 24.1 Å². The molecule has 0 rings (SSSR count). The first-order valence-electron chi connectivity index (χ1n) is 5.31. The van der Waals surface area contributed by atoms with Crippen LogP contribution in [0.2, 0.25) is 0 Å². The van der Waals surface area contributed by atoms with Gasteiger partial charge in [0.15, 0.2) is 0 Å². The monoisotopic (exact) mass is 260 g/mol. The molecule has 0 spiro atoms. The molecule has 0 fully saturated rings. The Labute approximate surface area is 103 Å². The van der Waals surface area contributed by atoms with E-state index in [0.717, 1.165) is 0 Å². The Bertz CT molecular complexity index is 330. The van der Waals surface area contributed by atoms with Gasteiger partial charge in [0.2, 0.25) is 5.91 Å². The molecular formula is C10H16N2O6. The van der Waals surface area contributed by atoms with Gasteiger partial charge < -0.3 is 26.1 Å². The Morgan fingerprint density at radius 2 is 1.61 bits per heavy atom. The van der Waals surface area contributed by atoms with Gasteiger partial charge in [-0.3, -0.25) is 14.4 Å². The first kappa shape index (κ1) is 16.0. The SMILES string of the molecule is N[C@@H](CCC(=O)O)C(=O)N[C@H](C=O)CCC(=O)O. The number of carboxylic acids is 2. The molecule has 0 saturated heterocycles. The zero-order valence-electron chi connectivity index (χ0n) is 9.67. The van der Waals surface area contributed by atoms with Crippen LogP contribution in [0.5, 0.6) is 0 Å². The first-order valence-corrected chi connectivity index (χ1v) is 5.31. The Morgan fingerprint density at radius 1 is 1.11 bits per heavy atom. The number of carbonyl (C=O) groups excluding carboxylic acids is 2. The van der Waals surface area contributed by atoms with Crippen molar-refractivity contribution in [1.82, 2.24) is 5.32 Å².